The van der Waals surface area contributed by atoms with Crippen molar-refractivity contribution in [3.05, 3.63) is 29.6 Å². The number of aryl methyl sites for hydroxylation is 1. The van der Waals surface area contributed by atoms with Gasteiger partial charge in [0.05, 0.1) is 10.6 Å². The molecule has 0 spiro atoms. The Morgan fingerprint density at radius 1 is 1.47 bits per heavy atom. The molecule has 1 saturated heterocycles. The number of halogens is 1. The van der Waals surface area contributed by atoms with Gasteiger partial charge in [0.25, 0.3) is 0 Å². The second-order valence-corrected chi connectivity index (χ2v) is 6.02. The Bertz CT molecular complexity index is 413. The largest absolute Gasteiger partial charge is 0.345 e. The summed E-state index contributed by atoms with van der Waals surface area (Å²) >= 11 is 6.56. The third-order valence-electron chi connectivity index (χ3n) is 3.56. The van der Waals surface area contributed by atoms with Crippen LogP contribution in [0.1, 0.15) is 24.1 Å². The molecule has 1 aliphatic rings. The Morgan fingerprint density at radius 3 is 2.79 bits per heavy atom. The Morgan fingerprint density at radius 2 is 2.21 bits per heavy atom. The van der Waals surface area contributed by atoms with Crippen molar-refractivity contribution >= 4 is 18.0 Å². The van der Waals surface area contributed by atoms with E-state index in [1.807, 2.05) is 19.2 Å². The van der Waals surface area contributed by atoms with Crippen molar-refractivity contribution < 1.29 is 4.79 Å². The zero-order chi connectivity index (χ0) is 13.7. The van der Waals surface area contributed by atoms with E-state index >= 15 is 0 Å². The summed E-state index contributed by atoms with van der Waals surface area (Å²) in [6.07, 6.45) is 4.44. The summed E-state index contributed by atoms with van der Waals surface area (Å²) in [5.41, 5.74) is 2.19. The molecule has 0 bridgehead atoms. The molecule has 1 fully saturated rings. The van der Waals surface area contributed by atoms with Crippen LogP contribution in [0.15, 0.2) is 18.3 Å². The maximum absolute atomic E-state index is 10.7. The molecule has 1 aromatic heterocycles. The number of aromatic nitrogens is 1. The lowest BCUT2D eigenvalue weighted by Gasteiger charge is -2.36. The maximum Gasteiger partial charge on any atom is 0.209 e. The van der Waals surface area contributed by atoms with E-state index in [1.54, 1.807) is 4.90 Å². The first-order chi connectivity index (χ1) is 9.11. The van der Waals surface area contributed by atoms with Gasteiger partial charge in [0.2, 0.25) is 6.41 Å². The van der Waals surface area contributed by atoms with Crippen LogP contribution in [-0.4, -0.2) is 40.8 Å². The SMILES string of the molecule is Cc1ccc(CNCC2(Cl)CCN(C=O)CC2)nc1. The topological polar surface area (TPSA) is 45.2 Å². The Hall–Kier alpha value is -1.13. The number of pyridine rings is 1. The lowest BCUT2D eigenvalue weighted by Crippen LogP contribution is -2.45. The number of piperidine rings is 1. The Balaban J connectivity index is 1.76. The van der Waals surface area contributed by atoms with E-state index in [1.165, 1.54) is 5.56 Å². The molecule has 104 valence electrons. The van der Waals surface area contributed by atoms with Crippen molar-refractivity contribution in [1.82, 2.24) is 15.2 Å². The van der Waals surface area contributed by atoms with Crippen molar-refractivity contribution in [1.29, 1.82) is 0 Å². The third-order valence-corrected chi connectivity index (χ3v) is 4.08. The number of hydrogen-bond donors (Lipinski definition) is 1. The fourth-order valence-corrected chi connectivity index (χ4v) is 2.49. The van der Waals surface area contributed by atoms with Crippen molar-refractivity contribution in [2.24, 2.45) is 0 Å². The van der Waals surface area contributed by atoms with Crippen molar-refractivity contribution in [3.8, 4) is 0 Å². The number of rotatable bonds is 5. The van der Waals surface area contributed by atoms with Gasteiger partial charge in [-0.25, -0.2) is 0 Å². The van der Waals surface area contributed by atoms with Crippen LogP contribution in [0.4, 0.5) is 0 Å². The van der Waals surface area contributed by atoms with Gasteiger partial charge >= 0.3 is 0 Å². The van der Waals surface area contributed by atoms with Gasteiger partial charge in [-0.15, -0.1) is 11.6 Å². The van der Waals surface area contributed by atoms with Crippen LogP contribution >= 0.6 is 11.6 Å². The molecule has 0 aromatic carbocycles. The second-order valence-electron chi connectivity index (χ2n) is 5.22. The van der Waals surface area contributed by atoms with E-state index in [2.05, 4.69) is 16.4 Å². The van der Waals surface area contributed by atoms with Gasteiger partial charge in [0.15, 0.2) is 0 Å². The van der Waals surface area contributed by atoms with Crippen LogP contribution in [0.3, 0.4) is 0 Å². The monoisotopic (exact) mass is 281 g/mol. The number of hydrogen-bond acceptors (Lipinski definition) is 3. The molecule has 0 saturated carbocycles. The van der Waals surface area contributed by atoms with E-state index in [0.29, 0.717) is 0 Å². The smallest absolute Gasteiger partial charge is 0.209 e. The van der Waals surface area contributed by atoms with Crippen LogP contribution in [0.5, 0.6) is 0 Å². The number of likely N-dealkylation sites (tertiary alicyclic amines) is 1. The first kappa shape index (κ1) is 14.3. The summed E-state index contributed by atoms with van der Waals surface area (Å²) in [6.45, 7) is 5.00. The molecular formula is C14H20ClN3O. The summed E-state index contributed by atoms with van der Waals surface area (Å²) in [4.78, 5) is 16.6. The van der Waals surface area contributed by atoms with E-state index in [0.717, 1.165) is 51.1 Å². The van der Waals surface area contributed by atoms with Gasteiger partial charge in [-0.1, -0.05) is 6.07 Å². The third kappa shape index (κ3) is 4.18. The Kier molecular flexibility index (Phi) is 4.77. The van der Waals surface area contributed by atoms with Crippen molar-refractivity contribution in [2.45, 2.75) is 31.2 Å². The fraction of sp³-hybridized carbons (Fsp3) is 0.571. The molecule has 0 aliphatic carbocycles. The minimum absolute atomic E-state index is 0.232. The van der Waals surface area contributed by atoms with Gasteiger partial charge in [0, 0.05) is 32.4 Å². The molecule has 5 heteroatoms. The van der Waals surface area contributed by atoms with Crippen LogP contribution < -0.4 is 5.32 Å². The second kappa shape index (κ2) is 6.35. The molecule has 1 N–H and O–H groups in total. The van der Waals surface area contributed by atoms with Crippen LogP contribution in [-0.2, 0) is 11.3 Å². The average molecular weight is 282 g/mol. The number of nitrogens with one attached hydrogen (secondary N) is 1. The fourth-order valence-electron chi connectivity index (χ4n) is 2.22. The Labute approximate surface area is 119 Å². The minimum atomic E-state index is -0.232. The molecule has 2 rings (SSSR count). The van der Waals surface area contributed by atoms with E-state index in [-0.39, 0.29) is 4.87 Å². The summed E-state index contributed by atoms with van der Waals surface area (Å²) < 4.78 is 0. The number of carbonyl (C=O) groups is 1. The quantitative estimate of drug-likeness (QED) is 0.660. The molecule has 0 atom stereocenters. The molecule has 1 aromatic rings. The van der Waals surface area contributed by atoms with E-state index < -0.39 is 0 Å². The maximum atomic E-state index is 10.7. The molecular weight excluding hydrogens is 262 g/mol. The summed E-state index contributed by atoms with van der Waals surface area (Å²) in [7, 11) is 0. The number of carbonyl (C=O) groups excluding carboxylic acids is 1. The van der Waals surface area contributed by atoms with Crippen molar-refractivity contribution in [2.75, 3.05) is 19.6 Å². The van der Waals surface area contributed by atoms with E-state index in [9.17, 15) is 4.79 Å². The highest BCUT2D eigenvalue weighted by Gasteiger charge is 2.31. The van der Waals surface area contributed by atoms with Gasteiger partial charge in [-0.05, 0) is 31.4 Å². The highest BCUT2D eigenvalue weighted by atomic mass is 35.5. The first-order valence-corrected chi connectivity index (χ1v) is 7.00. The van der Waals surface area contributed by atoms with Crippen LogP contribution in [0, 0.1) is 6.92 Å². The molecule has 1 amide bonds. The van der Waals surface area contributed by atoms with Gasteiger partial charge in [0.1, 0.15) is 0 Å². The lowest BCUT2D eigenvalue weighted by atomic mass is 9.96. The molecule has 4 nitrogen and oxygen atoms in total. The zero-order valence-electron chi connectivity index (χ0n) is 11.2. The highest BCUT2D eigenvalue weighted by Crippen LogP contribution is 2.28. The van der Waals surface area contributed by atoms with Gasteiger partial charge in [-0.2, -0.15) is 0 Å². The number of amides is 1. The predicted molar refractivity (Wildman–Crippen MR) is 76.1 cm³/mol. The normalized spacial score (nSPS) is 18.3. The molecule has 2 heterocycles. The lowest BCUT2D eigenvalue weighted by molar-refractivity contribution is -0.119. The molecule has 0 radical (unpaired) electrons. The minimum Gasteiger partial charge on any atom is -0.345 e. The molecule has 0 unspecified atom stereocenters. The van der Waals surface area contributed by atoms with Crippen LogP contribution in [0.25, 0.3) is 0 Å². The van der Waals surface area contributed by atoms with E-state index in [4.69, 9.17) is 11.6 Å². The number of nitrogens with zero attached hydrogens (tertiary/aromatic N) is 2. The van der Waals surface area contributed by atoms with Crippen molar-refractivity contribution in [3.63, 3.8) is 0 Å². The molecule has 1 aliphatic heterocycles. The number of alkyl halides is 1. The summed E-state index contributed by atoms with van der Waals surface area (Å²) in [6, 6.07) is 4.08. The highest BCUT2D eigenvalue weighted by molar-refractivity contribution is 6.24. The summed E-state index contributed by atoms with van der Waals surface area (Å²) in [5, 5.41) is 3.36. The van der Waals surface area contributed by atoms with Gasteiger partial charge < -0.3 is 10.2 Å². The predicted octanol–water partition coefficient (Wildman–Crippen LogP) is 1.71. The van der Waals surface area contributed by atoms with Crippen LogP contribution in [0.2, 0.25) is 0 Å². The molecule has 19 heavy (non-hydrogen) atoms. The average Bonchev–Trinajstić information content (AvgIpc) is 2.42. The van der Waals surface area contributed by atoms with Gasteiger partial charge in [-0.3, -0.25) is 9.78 Å². The standard InChI is InChI=1S/C14H20ClN3O/c1-12-2-3-13(17-8-12)9-16-10-14(15)4-6-18(11-19)7-5-14/h2-3,8,11,16H,4-7,9-10H2,1H3. The summed E-state index contributed by atoms with van der Waals surface area (Å²) in [5.74, 6) is 0. The zero-order valence-corrected chi connectivity index (χ0v) is 12.0. The first-order valence-electron chi connectivity index (χ1n) is 6.62.